The number of methoxy groups -OCH3 is 2. The second-order valence-electron chi connectivity index (χ2n) is 4.50. The van der Waals surface area contributed by atoms with Crippen molar-refractivity contribution in [3.8, 4) is 0 Å². The number of amidine groups is 1. The standard InChI is InChI=1S/C13H18FN3O2/c1-18-10-6-17(7-11(10)19-2)9-5-3-4-8(14)12(9)13(15)16/h3-5,10-11H,6-7H2,1-2H3,(H3,15,16). The molecule has 2 rings (SSSR count). The lowest BCUT2D eigenvalue weighted by atomic mass is 10.1. The summed E-state index contributed by atoms with van der Waals surface area (Å²) >= 11 is 0. The Morgan fingerprint density at radius 2 is 1.89 bits per heavy atom. The molecule has 6 heteroatoms. The first-order valence-electron chi connectivity index (χ1n) is 6.02. The van der Waals surface area contributed by atoms with Crippen molar-refractivity contribution in [1.29, 1.82) is 5.41 Å². The topological polar surface area (TPSA) is 71.6 Å². The zero-order valence-electron chi connectivity index (χ0n) is 11.0. The predicted octanol–water partition coefficient (Wildman–Crippen LogP) is 0.960. The number of benzene rings is 1. The van der Waals surface area contributed by atoms with E-state index in [4.69, 9.17) is 20.6 Å². The zero-order chi connectivity index (χ0) is 14.0. The van der Waals surface area contributed by atoms with Gasteiger partial charge in [-0.1, -0.05) is 6.07 Å². The number of ether oxygens (including phenoxy) is 2. The van der Waals surface area contributed by atoms with Crippen molar-refractivity contribution in [3.05, 3.63) is 29.6 Å². The highest BCUT2D eigenvalue weighted by Crippen LogP contribution is 2.28. The van der Waals surface area contributed by atoms with Crippen molar-refractivity contribution in [2.45, 2.75) is 12.2 Å². The number of nitrogens with one attached hydrogen (secondary N) is 1. The third-order valence-electron chi connectivity index (χ3n) is 3.42. The highest BCUT2D eigenvalue weighted by Gasteiger charge is 2.34. The first-order valence-corrected chi connectivity index (χ1v) is 6.02. The average Bonchev–Trinajstić information content (AvgIpc) is 2.81. The largest absolute Gasteiger partial charge is 0.384 e. The van der Waals surface area contributed by atoms with Gasteiger partial charge < -0.3 is 20.1 Å². The molecule has 0 spiro atoms. The van der Waals surface area contributed by atoms with Gasteiger partial charge >= 0.3 is 0 Å². The van der Waals surface area contributed by atoms with Crippen LogP contribution in [0.3, 0.4) is 0 Å². The minimum absolute atomic E-state index is 0.0759. The second kappa shape index (κ2) is 5.54. The molecule has 0 saturated carbocycles. The molecular formula is C13H18FN3O2. The van der Waals surface area contributed by atoms with Crippen LogP contribution in [0.2, 0.25) is 0 Å². The van der Waals surface area contributed by atoms with Gasteiger partial charge in [0.1, 0.15) is 23.9 Å². The number of nitrogen functional groups attached to an aromatic ring is 1. The molecule has 3 N–H and O–H groups in total. The lowest BCUT2D eigenvalue weighted by molar-refractivity contribution is -0.00461. The molecule has 0 aliphatic carbocycles. The summed E-state index contributed by atoms with van der Waals surface area (Å²) in [6.07, 6.45) is -0.152. The number of anilines is 1. The summed E-state index contributed by atoms with van der Waals surface area (Å²) in [7, 11) is 3.25. The monoisotopic (exact) mass is 267 g/mol. The smallest absolute Gasteiger partial charge is 0.136 e. The molecule has 1 fully saturated rings. The summed E-state index contributed by atoms with van der Waals surface area (Å²) in [4.78, 5) is 1.93. The highest BCUT2D eigenvalue weighted by molar-refractivity contribution is 6.00. The number of nitrogens with two attached hydrogens (primary N) is 1. The van der Waals surface area contributed by atoms with Gasteiger partial charge in [0.25, 0.3) is 0 Å². The highest BCUT2D eigenvalue weighted by atomic mass is 19.1. The van der Waals surface area contributed by atoms with E-state index in [0.717, 1.165) is 0 Å². The molecule has 2 atom stereocenters. The fourth-order valence-electron chi connectivity index (χ4n) is 2.44. The Kier molecular flexibility index (Phi) is 4.01. The van der Waals surface area contributed by atoms with E-state index in [1.165, 1.54) is 6.07 Å². The van der Waals surface area contributed by atoms with Crippen molar-refractivity contribution in [3.63, 3.8) is 0 Å². The predicted molar refractivity (Wildman–Crippen MR) is 71.2 cm³/mol. The van der Waals surface area contributed by atoms with Gasteiger partial charge in [0.05, 0.1) is 11.3 Å². The molecule has 1 aromatic carbocycles. The van der Waals surface area contributed by atoms with Gasteiger partial charge in [0.2, 0.25) is 0 Å². The summed E-state index contributed by atoms with van der Waals surface area (Å²) in [6.45, 7) is 1.16. The summed E-state index contributed by atoms with van der Waals surface area (Å²) in [5.41, 5.74) is 6.21. The van der Waals surface area contributed by atoms with Gasteiger partial charge in [0, 0.05) is 27.3 Å². The summed E-state index contributed by atoms with van der Waals surface area (Å²) in [5.74, 6) is -0.761. The molecule has 1 aromatic rings. The van der Waals surface area contributed by atoms with E-state index in [0.29, 0.717) is 18.8 Å². The van der Waals surface area contributed by atoms with Crippen LogP contribution in [0.25, 0.3) is 0 Å². The fourth-order valence-corrected chi connectivity index (χ4v) is 2.44. The van der Waals surface area contributed by atoms with Gasteiger partial charge in [-0.2, -0.15) is 0 Å². The van der Waals surface area contributed by atoms with E-state index in [1.807, 2.05) is 4.90 Å². The van der Waals surface area contributed by atoms with E-state index < -0.39 is 5.82 Å². The Morgan fingerprint density at radius 3 is 2.37 bits per heavy atom. The number of rotatable bonds is 4. The third-order valence-corrected chi connectivity index (χ3v) is 3.42. The minimum atomic E-state index is -0.486. The Balaban J connectivity index is 2.33. The van der Waals surface area contributed by atoms with Gasteiger partial charge in [-0.25, -0.2) is 4.39 Å². The first-order chi connectivity index (χ1) is 9.08. The van der Waals surface area contributed by atoms with Gasteiger partial charge in [0.15, 0.2) is 0 Å². The van der Waals surface area contributed by atoms with Crippen molar-refractivity contribution in [2.75, 3.05) is 32.2 Å². The zero-order valence-corrected chi connectivity index (χ0v) is 11.0. The average molecular weight is 267 g/mol. The Morgan fingerprint density at radius 1 is 1.32 bits per heavy atom. The summed E-state index contributed by atoms with van der Waals surface area (Å²) < 4.78 is 24.5. The molecule has 1 saturated heterocycles. The number of halogens is 1. The van der Waals surface area contributed by atoms with Crippen LogP contribution in [0.1, 0.15) is 5.56 Å². The molecule has 1 aliphatic rings. The second-order valence-corrected chi connectivity index (χ2v) is 4.50. The SMILES string of the molecule is COC1CN(c2cccc(F)c2C(=N)N)CC1OC. The number of hydrogen-bond donors (Lipinski definition) is 2. The van der Waals surface area contributed by atoms with Crippen LogP contribution in [0.4, 0.5) is 10.1 Å². The molecule has 0 bridgehead atoms. The molecule has 104 valence electrons. The van der Waals surface area contributed by atoms with Gasteiger partial charge in [-0.3, -0.25) is 5.41 Å². The van der Waals surface area contributed by atoms with Crippen LogP contribution in [0, 0.1) is 11.2 Å². The molecule has 0 radical (unpaired) electrons. The van der Waals surface area contributed by atoms with Crippen molar-refractivity contribution in [1.82, 2.24) is 0 Å². The molecule has 2 unspecified atom stereocenters. The quantitative estimate of drug-likeness (QED) is 0.629. The molecular weight excluding hydrogens is 249 g/mol. The lowest BCUT2D eigenvalue weighted by Gasteiger charge is -2.21. The number of nitrogens with zero attached hydrogens (tertiary/aromatic N) is 1. The Bertz CT molecular complexity index is 469. The van der Waals surface area contributed by atoms with Gasteiger partial charge in [-0.15, -0.1) is 0 Å². The van der Waals surface area contributed by atoms with Crippen LogP contribution in [0.5, 0.6) is 0 Å². The fraction of sp³-hybridized carbons (Fsp3) is 0.462. The van der Waals surface area contributed by atoms with E-state index in [9.17, 15) is 4.39 Å². The van der Waals surface area contributed by atoms with E-state index in [2.05, 4.69) is 0 Å². The number of hydrogen-bond acceptors (Lipinski definition) is 4. The van der Waals surface area contributed by atoms with Crippen LogP contribution >= 0.6 is 0 Å². The van der Waals surface area contributed by atoms with E-state index in [1.54, 1.807) is 26.4 Å². The van der Waals surface area contributed by atoms with Crippen molar-refractivity contribution >= 4 is 11.5 Å². The summed E-state index contributed by atoms with van der Waals surface area (Å²) in [5, 5.41) is 7.52. The van der Waals surface area contributed by atoms with E-state index in [-0.39, 0.29) is 23.6 Å². The van der Waals surface area contributed by atoms with Crippen LogP contribution in [-0.2, 0) is 9.47 Å². The molecule has 5 nitrogen and oxygen atoms in total. The van der Waals surface area contributed by atoms with Crippen LogP contribution < -0.4 is 10.6 Å². The normalized spacial score (nSPS) is 22.8. The Labute approximate surface area is 111 Å². The molecule has 0 amide bonds. The maximum absolute atomic E-state index is 13.8. The summed E-state index contributed by atoms with van der Waals surface area (Å²) in [6, 6.07) is 4.67. The maximum atomic E-state index is 13.8. The van der Waals surface area contributed by atoms with Gasteiger partial charge in [-0.05, 0) is 12.1 Å². The molecule has 19 heavy (non-hydrogen) atoms. The van der Waals surface area contributed by atoms with Crippen molar-refractivity contribution in [2.24, 2.45) is 5.73 Å². The molecule has 1 heterocycles. The van der Waals surface area contributed by atoms with Crippen LogP contribution in [0.15, 0.2) is 18.2 Å². The minimum Gasteiger partial charge on any atom is -0.384 e. The van der Waals surface area contributed by atoms with Crippen molar-refractivity contribution < 1.29 is 13.9 Å². The lowest BCUT2D eigenvalue weighted by Crippen LogP contribution is -2.27. The molecule has 1 aliphatic heterocycles. The Hall–Kier alpha value is -1.66. The molecule has 0 aromatic heterocycles. The first kappa shape index (κ1) is 13.8. The maximum Gasteiger partial charge on any atom is 0.136 e. The van der Waals surface area contributed by atoms with E-state index >= 15 is 0 Å². The van der Waals surface area contributed by atoms with Crippen LogP contribution in [-0.4, -0.2) is 45.4 Å². The third kappa shape index (κ3) is 2.54.